The SMILES string of the molecule is C[C@@]1(F)NC(=O)Nc2ccccc21. The van der Waals surface area contributed by atoms with Crippen molar-refractivity contribution in [2.24, 2.45) is 0 Å². The van der Waals surface area contributed by atoms with Gasteiger partial charge in [0, 0.05) is 5.56 Å². The third-order valence-electron chi connectivity index (χ3n) is 2.03. The van der Waals surface area contributed by atoms with Gasteiger partial charge < -0.3 is 10.6 Å². The van der Waals surface area contributed by atoms with Crippen molar-refractivity contribution in [1.82, 2.24) is 5.32 Å². The summed E-state index contributed by atoms with van der Waals surface area (Å²) in [7, 11) is 0. The van der Waals surface area contributed by atoms with Crippen molar-refractivity contribution < 1.29 is 9.18 Å². The molecule has 0 aromatic heterocycles. The average molecular weight is 180 g/mol. The van der Waals surface area contributed by atoms with Crippen molar-refractivity contribution in [3.05, 3.63) is 29.8 Å². The van der Waals surface area contributed by atoms with E-state index in [4.69, 9.17) is 0 Å². The highest BCUT2D eigenvalue weighted by atomic mass is 19.1. The molecular weight excluding hydrogens is 171 g/mol. The van der Waals surface area contributed by atoms with Crippen molar-refractivity contribution in [2.45, 2.75) is 12.7 Å². The van der Waals surface area contributed by atoms with Gasteiger partial charge in [0.05, 0.1) is 5.69 Å². The van der Waals surface area contributed by atoms with Crippen LogP contribution in [0.5, 0.6) is 0 Å². The van der Waals surface area contributed by atoms with Crippen LogP contribution in [0.25, 0.3) is 0 Å². The Bertz CT molecular complexity index is 362. The number of fused-ring (bicyclic) bond motifs is 1. The van der Waals surface area contributed by atoms with E-state index in [0.29, 0.717) is 11.3 Å². The van der Waals surface area contributed by atoms with Crippen molar-refractivity contribution >= 4 is 11.7 Å². The maximum absolute atomic E-state index is 13.7. The number of carbonyl (C=O) groups excluding carboxylic acids is 1. The van der Waals surface area contributed by atoms with Gasteiger partial charge in [-0.25, -0.2) is 9.18 Å². The minimum absolute atomic E-state index is 0.453. The van der Waals surface area contributed by atoms with Gasteiger partial charge in [0.25, 0.3) is 0 Å². The smallest absolute Gasteiger partial charge is 0.307 e. The van der Waals surface area contributed by atoms with Crippen LogP contribution in [-0.4, -0.2) is 6.03 Å². The van der Waals surface area contributed by atoms with Gasteiger partial charge in [0.15, 0.2) is 0 Å². The molecule has 1 aliphatic heterocycles. The van der Waals surface area contributed by atoms with E-state index in [2.05, 4.69) is 10.6 Å². The summed E-state index contributed by atoms with van der Waals surface area (Å²) in [6.07, 6.45) is 0. The number of para-hydroxylation sites is 1. The lowest BCUT2D eigenvalue weighted by molar-refractivity contribution is 0.145. The topological polar surface area (TPSA) is 41.1 Å². The summed E-state index contributed by atoms with van der Waals surface area (Å²) in [6, 6.07) is 6.29. The van der Waals surface area contributed by atoms with Gasteiger partial charge in [-0.05, 0) is 13.0 Å². The van der Waals surface area contributed by atoms with Gasteiger partial charge in [0.1, 0.15) is 0 Å². The third-order valence-corrected chi connectivity index (χ3v) is 2.03. The number of amides is 2. The molecular formula is C9H9FN2O. The molecule has 2 amide bonds. The lowest BCUT2D eigenvalue weighted by atomic mass is 10.0. The summed E-state index contributed by atoms with van der Waals surface area (Å²) in [5.74, 6) is -1.78. The van der Waals surface area contributed by atoms with Crippen LogP contribution < -0.4 is 10.6 Å². The Morgan fingerprint density at radius 3 is 2.85 bits per heavy atom. The number of halogens is 1. The summed E-state index contributed by atoms with van der Waals surface area (Å²) >= 11 is 0. The standard InChI is InChI=1S/C9H9FN2O/c1-9(10)6-4-2-3-5-7(6)11-8(13)12-9/h2-5H,1H3,(H2,11,12,13)/t9-/m1/s1. The number of rotatable bonds is 0. The number of anilines is 1. The van der Waals surface area contributed by atoms with Crippen LogP contribution in [-0.2, 0) is 5.79 Å². The Morgan fingerprint density at radius 2 is 2.08 bits per heavy atom. The normalized spacial score (nSPS) is 25.8. The lowest BCUT2D eigenvalue weighted by Crippen LogP contribution is -2.46. The Morgan fingerprint density at radius 1 is 1.38 bits per heavy atom. The van der Waals surface area contributed by atoms with Crippen LogP contribution in [0.1, 0.15) is 12.5 Å². The van der Waals surface area contributed by atoms with E-state index in [9.17, 15) is 9.18 Å². The lowest BCUT2D eigenvalue weighted by Gasteiger charge is -2.29. The molecule has 0 unspecified atom stereocenters. The number of benzene rings is 1. The zero-order valence-electron chi connectivity index (χ0n) is 7.10. The maximum atomic E-state index is 13.7. The number of hydrogen-bond acceptors (Lipinski definition) is 1. The first kappa shape index (κ1) is 8.04. The summed E-state index contributed by atoms with van der Waals surface area (Å²) in [5, 5.41) is 4.72. The second-order valence-corrected chi connectivity index (χ2v) is 3.13. The van der Waals surface area contributed by atoms with E-state index in [1.807, 2.05) is 0 Å². The molecule has 2 rings (SSSR count). The first-order valence-corrected chi connectivity index (χ1v) is 3.97. The van der Waals surface area contributed by atoms with Crippen molar-refractivity contribution in [1.29, 1.82) is 0 Å². The fourth-order valence-electron chi connectivity index (χ4n) is 1.44. The quantitative estimate of drug-likeness (QED) is 0.589. The first-order chi connectivity index (χ1) is 6.09. The second-order valence-electron chi connectivity index (χ2n) is 3.13. The molecule has 68 valence electrons. The molecule has 0 saturated heterocycles. The molecule has 13 heavy (non-hydrogen) atoms. The molecule has 1 heterocycles. The number of carbonyl (C=O) groups is 1. The molecule has 4 heteroatoms. The molecule has 3 nitrogen and oxygen atoms in total. The number of urea groups is 1. The van der Waals surface area contributed by atoms with E-state index in [1.165, 1.54) is 6.92 Å². The van der Waals surface area contributed by atoms with E-state index < -0.39 is 11.8 Å². The molecule has 1 aromatic carbocycles. The van der Waals surface area contributed by atoms with Crippen LogP contribution in [0.15, 0.2) is 24.3 Å². The first-order valence-electron chi connectivity index (χ1n) is 3.97. The fraction of sp³-hybridized carbons (Fsp3) is 0.222. The Kier molecular flexibility index (Phi) is 1.52. The maximum Gasteiger partial charge on any atom is 0.321 e. The van der Waals surface area contributed by atoms with Gasteiger partial charge in [-0.1, -0.05) is 18.2 Å². The zero-order chi connectivity index (χ0) is 9.47. The van der Waals surface area contributed by atoms with E-state index in [1.54, 1.807) is 24.3 Å². The largest absolute Gasteiger partial charge is 0.321 e. The minimum atomic E-state index is -1.78. The molecule has 2 N–H and O–H groups in total. The minimum Gasteiger partial charge on any atom is -0.307 e. The molecule has 0 saturated carbocycles. The van der Waals surface area contributed by atoms with Gasteiger partial charge in [-0.2, -0.15) is 0 Å². The Balaban J connectivity index is 2.56. The molecule has 0 bridgehead atoms. The van der Waals surface area contributed by atoms with Crippen LogP contribution in [0.2, 0.25) is 0 Å². The van der Waals surface area contributed by atoms with E-state index >= 15 is 0 Å². The predicted molar refractivity (Wildman–Crippen MR) is 47.1 cm³/mol. The van der Waals surface area contributed by atoms with Crippen molar-refractivity contribution in [2.75, 3.05) is 5.32 Å². The van der Waals surface area contributed by atoms with Gasteiger partial charge in [0.2, 0.25) is 5.79 Å². The Hall–Kier alpha value is -1.58. The zero-order valence-corrected chi connectivity index (χ0v) is 7.10. The monoisotopic (exact) mass is 180 g/mol. The molecule has 1 aliphatic rings. The number of nitrogens with one attached hydrogen (secondary N) is 2. The van der Waals surface area contributed by atoms with Crippen molar-refractivity contribution in [3.8, 4) is 0 Å². The molecule has 0 spiro atoms. The highest BCUT2D eigenvalue weighted by molar-refractivity contribution is 5.93. The van der Waals surface area contributed by atoms with Gasteiger partial charge in [-0.15, -0.1) is 0 Å². The van der Waals surface area contributed by atoms with E-state index in [-0.39, 0.29) is 0 Å². The van der Waals surface area contributed by atoms with Crippen LogP contribution in [0.3, 0.4) is 0 Å². The van der Waals surface area contributed by atoms with Crippen LogP contribution in [0, 0.1) is 0 Å². The van der Waals surface area contributed by atoms with E-state index in [0.717, 1.165) is 0 Å². The van der Waals surface area contributed by atoms with Crippen LogP contribution in [0.4, 0.5) is 14.9 Å². The average Bonchev–Trinajstić information content (AvgIpc) is 2.02. The second kappa shape index (κ2) is 2.45. The summed E-state index contributed by atoms with van der Waals surface area (Å²) < 4.78 is 13.7. The van der Waals surface area contributed by atoms with Gasteiger partial charge >= 0.3 is 6.03 Å². The highest BCUT2D eigenvalue weighted by Crippen LogP contribution is 2.32. The molecule has 0 fully saturated rings. The summed E-state index contributed by atoms with van der Waals surface area (Å²) in [6.45, 7) is 1.32. The van der Waals surface area contributed by atoms with Crippen molar-refractivity contribution in [3.63, 3.8) is 0 Å². The molecule has 0 aliphatic carbocycles. The number of alkyl halides is 1. The summed E-state index contributed by atoms with van der Waals surface area (Å²) in [5.41, 5.74) is 0.978. The highest BCUT2D eigenvalue weighted by Gasteiger charge is 2.34. The Labute approximate surface area is 74.9 Å². The van der Waals surface area contributed by atoms with Crippen LogP contribution >= 0.6 is 0 Å². The van der Waals surface area contributed by atoms with Gasteiger partial charge in [-0.3, -0.25) is 0 Å². The summed E-state index contributed by atoms with van der Waals surface area (Å²) in [4.78, 5) is 11.0. The molecule has 0 radical (unpaired) electrons. The fourth-order valence-corrected chi connectivity index (χ4v) is 1.44. The number of hydrogen-bond donors (Lipinski definition) is 2. The molecule has 1 aromatic rings. The molecule has 1 atom stereocenters. The predicted octanol–water partition coefficient (Wildman–Crippen LogP) is 1.96. The third kappa shape index (κ3) is 1.24.